The van der Waals surface area contributed by atoms with Gasteiger partial charge in [-0.1, -0.05) is 6.07 Å². The topological polar surface area (TPSA) is 75.1 Å². The summed E-state index contributed by atoms with van der Waals surface area (Å²) in [6, 6.07) is 5.56. The van der Waals surface area contributed by atoms with Gasteiger partial charge >= 0.3 is 6.18 Å². The van der Waals surface area contributed by atoms with Gasteiger partial charge in [-0.3, -0.25) is 9.89 Å². The molecular formula is C14H11F4N5O. The van der Waals surface area contributed by atoms with Crippen LogP contribution in [0.15, 0.2) is 29.1 Å². The van der Waals surface area contributed by atoms with Crippen LogP contribution in [-0.2, 0) is 12.7 Å². The van der Waals surface area contributed by atoms with Crippen molar-refractivity contribution in [3.63, 3.8) is 0 Å². The average molecular weight is 341 g/mol. The Morgan fingerprint density at radius 1 is 1.25 bits per heavy atom. The van der Waals surface area contributed by atoms with Gasteiger partial charge in [0.2, 0.25) is 5.82 Å². The molecule has 2 heterocycles. The summed E-state index contributed by atoms with van der Waals surface area (Å²) >= 11 is 0. The highest BCUT2D eigenvalue weighted by molar-refractivity contribution is 5.45. The molecule has 6 nitrogen and oxygen atoms in total. The smallest absolute Gasteiger partial charge is 0.379 e. The van der Waals surface area contributed by atoms with Crippen molar-refractivity contribution in [2.24, 2.45) is 0 Å². The zero-order valence-electron chi connectivity index (χ0n) is 12.3. The Bertz CT molecular complexity index is 960. The number of nitrogens with zero attached hydrogens (tertiary/aromatic N) is 3. The summed E-state index contributed by atoms with van der Waals surface area (Å²) < 4.78 is 51.9. The number of H-pyrrole nitrogens is 1. The van der Waals surface area contributed by atoms with Gasteiger partial charge < -0.3 is 5.32 Å². The monoisotopic (exact) mass is 341 g/mol. The van der Waals surface area contributed by atoms with E-state index in [0.717, 1.165) is 6.07 Å². The fourth-order valence-electron chi connectivity index (χ4n) is 2.04. The predicted molar refractivity (Wildman–Crippen MR) is 77.1 cm³/mol. The number of benzene rings is 1. The van der Waals surface area contributed by atoms with Gasteiger partial charge in [0.15, 0.2) is 0 Å². The first kappa shape index (κ1) is 16.0. The Balaban J connectivity index is 1.87. The molecule has 2 aromatic heterocycles. The molecule has 0 bridgehead atoms. The number of hydrogen-bond acceptors (Lipinski definition) is 4. The summed E-state index contributed by atoms with van der Waals surface area (Å²) in [6.07, 6.45) is -4.71. The normalized spacial score (nSPS) is 11.9. The summed E-state index contributed by atoms with van der Waals surface area (Å²) in [4.78, 5) is 19.0. The zero-order chi connectivity index (χ0) is 17.5. The summed E-state index contributed by atoms with van der Waals surface area (Å²) in [7, 11) is 0. The average Bonchev–Trinajstić information content (AvgIpc) is 2.93. The lowest BCUT2D eigenvalue weighted by atomic mass is 10.2. The number of halogens is 4. The van der Waals surface area contributed by atoms with E-state index < -0.39 is 23.4 Å². The van der Waals surface area contributed by atoms with E-state index in [0.29, 0.717) is 15.8 Å². The van der Waals surface area contributed by atoms with Crippen molar-refractivity contribution in [2.75, 3.05) is 5.32 Å². The molecular weight excluding hydrogens is 330 g/mol. The van der Waals surface area contributed by atoms with Crippen LogP contribution in [0.2, 0.25) is 0 Å². The lowest BCUT2D eigenvalue weighted by Gasteiger charge is -2.06. The number of hydrogen-bond donors (Lipinski definition) is 2. The van der Waals surface area contributed by atoms with E-state index in [1.54, 1.807) is 19.1 Å². The van der Waals surface area contributed by atoms with Crippen molar-refractivity contribution in [1.82, 2.24) is 19.6 Å². The Morgan fingerprint density at radius 2 is 2.00 bits per heavy atom. The molecule has 1 aromatic carbocycles. The van der Waals surface area contributed by atoms with Crippen molar-refractivity contribution in [1.29, 1.82) is 0 Å². The molecule has 126 valence electrons. The lowest BCUT2D eigenvalue weighted by Crippen LogP contribution is -2.17. The van der Waals surface area contributed by atoms with Crippen LogP contribution in [0.4, 0.5) is 23.2 Å². The maximum absolute atomic E-state index is 13.5. The van der Waals surface area contributed by atoms with E-state index in [2.05, 4.69) is 15.3 Å². The van der Waals surface area contributed by atoms with Crippen LogP contribution in [0.1, 0.15) is 17.1 Å². The van der Waals surface area contributed by atoms with Crippen molar-refractivity contribution in [3.8, 4) is 0 Å². The van der Waals surface area contributed by atoms with Crippen molar-refractivity contribution < 1.29 is 17.6 Å². The second-order valence-corrected chi connectivity index (χ2v) is 5.11. The lowest BCUT2D eigenvalue weighted by molar-refractivity contribution is -0.144. The first-order valence-corrected chi connectivity index (χ1v) is 6.80. The summed E-state index contributed by atoms with van der Waals surface area (Å²) in [6.45, 7) is 1.65. The first-order chi connectivity index (χ1) is 11.2. The number of alkyl halides is 3. The fraction of sp³-hybridized carbons (Fsp3) is 0.214. The molecule has 0 aliphatic heterocycles. The quantitative estimate of drug-likeness (QED) is 0.718. The van der Waals surface area contributed by atoms with Crippen molar-refractivity contribution in [3.05, 3.63) is 57.5 Å². The summed E-state index contributed by atoms with van der Waals surface area (Å²) in [5.74, 6) is -2.09. The van der Waals surface area contributed by atoms with Crippen LogP contribution < -0.4 is 10.9 Å². The van der Waals surface area contributed by atoms with Gasteiger partial charge in [-0.05, 0) is 24.6 Å². The Labute approximate surface area is 132 Å². The Morgan fingerprint density at radius 3 is 2.67 bits per heavy atom. The number of rotatable bonds is 3. The van der Waals surface area contributed by atoms with Crippen molar-refractivity contribution in [2.45, 2.75) is 19.6 Å². The third-order valence-corrected chi connectivity index (χ3v) is 3.30. The van der Waals surface area contributed by atoms with E-state index in [1.807, 2.05) is 5.10 Å². The highest BCUT2D eigenvalue weighted by Gasteiger charge is 2.35. The molecule has 0 saturated heterocycles. The second-order valence-electron chi connectivity index (χ2n) is 5.11. The minimum Gasteiger partial charge on any atom is -0.379 e. The maximum atomic E-state index is 13.5. The van der Waals surface area contributed by atoms with Crippen LogP contribution in [0, 0.1) is 12.7 Å². The molecule has 0 unspecified atom stereocenters. The van der Waals surface area contributed by atoms with Gasteiger partial charge in [-0.25, -0.2) is 9.37 Å². The number of nitrogens with one attached hydrogen (secondary N) is 2. The fourth-order valence-corrected chi connectivity index (χ4v) is 2.04. The van der Waals surface area contributed by atoms with Gasteiger partial charge in [-0.15, -0.1) is 0 Å². The highest BCUT2D eigenvalue weighted by atomic mass is 19.4. The molecule has 2 N–H and O–H groups in total. The van der Waals surface area contributed by atoms with E-state index in [1.165, 1.54) is 6.07 Å². The number of fused-ring (bicyclic) bond motifs is 1. The number of aromatic nitrogens is 4. The number of aryl methyl sites for hydroxylation is 1. The third-order valence-electron chi connectivity index (χ3n) is 3.30. The Kier molecular flexibility index (Phi) is 3.74. The van der Waals surface area contributed by atoms with Gasteiger partial charge in [0.25, 0.3) is 11.3 Å². The number of aromatic amines is 1. The molecule has 0 aliphatic rings. The molecule has 3 rings (SSSR count). The summed E-state index contributed by atoms with van der Waals surface area (Å²) in [5.41, 5.74) is 0.392. The molecule has 3 aromatic rings. The number of anilines is 1. The predicted octanol–water partition coefficient (Wildman–Crippen LogP) is 2.50. The van der Waals surface area contributed by atoms with Crippen LogP contribution in [0.3, 0.4) is 0 Å². The molecule has 24 heavy (non-hydrogen) atoms. The molecule has 0 atom stereocenters. The minimum absolute atomic E-state index is 0.0302. The van der Waals surface area contributed by atoms with Gasteiger partial charge in [0, 0.05) is 11.8 Å². The SMILES string of the molecule is Cc1ccc(NCc2cc(=O)n3[nH]c(C(F)(F)F)nc3n2)cc1F. The molecule has 0 saturated carbocycles. The van der Waals surface area contributed by atoms with E-state index in [4.69, 9.17) is 0 Å². The molecule has 0 radical (unpaired) electrons. The maximum Gasteiger partial charge on any atom is 0.451 e. The third kappa shape index (κ3) is 3.07. The van der Waals surface area contributed by atoms with Gasteiger partial charge in [-0.2, -0.15) is 22.7 Å². The summed E-state index contributed by atoms with van der Waals surface area (Å²) in [5, 5.41) is 4.70. The van der Waals surface area contributed by atoms with E-state index in [9.17, 15) is 22.4 Å². The van der Waals surface area contributed by atoms with Crippen LogP contribution in [-0.4, -0.2) is 19.6 Å². The first-order valence-electron chi connectivity index (χ1n) is 6.80. The van der Waals surface area contributed by atoms with Crippen LogP contribution >= 0.6 is 0 Å². The van der Waals surface area contributed by atoms with Gasteiger partial charge in [0.05, 0.1) is 12.2 Å². The second kappa shape index (κ2) is 5.62. The van der Waals surface area contributed by atoms with Crippen molar-refractivity contribution >= 4 is 11.5 Å². The molecule has 0 amide bonds. The molecule has 0 fully saturated rings. The standard InChI is InChI=1S/C14H11F4N5O/c1-7-2-3-8(4-10(7)15)19-6-9-5-11(24)23-13(20-9)21-12(22-23)14(16,17)18/h2-5,19H,6H2,1H3,(H,20,21,22). The van der Waals surface area contributed by atoms with E-state index >= 15 is 0 Å². The Hall–Kier alpha value is -2.91. The van der Waals surface area contributed by atoms with Gasteiger partial charge in [0.1, 0.15) is 5.82 Å². The highest BCUT2D eigenvalue weighted by Crippen LogP contribution is 2.25. The van der Waals surface area contributed by atoms with Crippen LogP contribution in [0.5, 0.6) is 0 Å². The minimum atomic E-state index is -4.71. The molecule has 10 heteroatoms. The van der Waals surface area contributed by atoms with Crippen LogP contribution in [0.25, 0.3) is 5.78 Å². The molecule has 0 spiro atoms. The van der Waals surface area contributed by atoms with E-state index in [-0.39, 0.29) is 18.0 Å². The zero-order valence-corrected chi connectivity index (χ0v) is 12.3. The largest absolute Gasteiger partial charge is 0.451 e. The molecule has 0 aliphatic carbocycles.